The molecule has 0 spiro atoms. The van der Waals surface area contributed by atoms with Crippen molar-refractivity contribution in [1.29, 1.82) is 0 Å². The van der Waals surface area contributed by atoms with Crippen LogP contribution in [0.15, 0.2) is 0 Å². The molecular weight excluding hydrogens is 200 g/mol. The first-order chi connectivity index (χ1) is 6.90. The predicted octanol–water partition coefficient (Wildman–Crippen LogP) is 1.12. The fourth-order valence-corrected chi connectivity index (χ4v) is 2.34. The van der Waals surface area contributed by atoms with Crippen LogP contribution in [-0.4, -0.2) is 34.4 Å². The maximum atomic E-state index is 11.2. The minimum Gasteiger partial charge on any atom is -0.480 e. The molecule has 0 radical (unpaired) electrons. The van der Waals surface area contributed by atoms with Gasteiger partial charge in [0.2, 0.25) is 0 Å². The summed E-state index contributed by atoms with van der Waals surface area (Å²) in [5.74, 6) is -2.64. The van der Waals surface area contributed by atoms with Crippen LogP contribution in [0.25, 0.3) is 0 Å². The zero-order chi connectivity index (χ0) is 11.7. The highest BCUT2D eigenvalue weighted by Gasteiger charge is 2.61. The number of aliphatic carboxylic acids is 2. The summed E-state index contributed by atoms with van der Waals surface area (Å²) in [6.07, 6.45) is 1.20. The van der Waals surface area contributed by atoms with Gasteiger partial charge >= 0.3 is 11.9 Å². The van der Waals surface area contributed by atoms with E-state index in [2.05, 4.69) is 0 Å². The number of ether oxygens (including phenoxy) is 1. The van der Waals surface area contributed by atoms with E-state index in [1.54, 1.807) is 13.8 Å². The van der Waals surface area contributed by atoms with E-state index in [0.717, 1.165) is 0 Å². The first-order valence-corrected chi connectivity index (χ1v) is 5.01. The minimum atomic E-state index is -1.83. The molecule has 0 aromatic carbocycles. The molecule has 0 aromatic rings. The van der Waals surface area contributed by atoms with E-state index in [9.17, 15) is 9.59 Å². The molecule has 2 N–H and O–H groups in total. The van der Waals surface area contributed by atoms with Crippen LogP contribution in [0.2, 0.25) is 0 Å². The van der Waals surface area contributed by atoms with Crippen molar-refractivity contribution in [3.05, 3.63) is 0 Å². The molecule has 0 amide bonds. The van der Waals surface area contributed by atoms with Crippen LogP contribution in [0.1, 0.15) is 33.1 Å². The normalized spacial score (nSPS) is 26.5. The summed E-state index contributed by atoms with van der Waals surface area (Å²) in [7, 11) is 0. The topological polar surface area (TPSA) is 83.8 Å². The fraction of sp³-hybridized carbons (Fsp3) is 0.800. The summed E-state index contributed by atoms with van der Waals surface area (Å²) in [5.41, 5.74) is -2.93. The number of carboxylic acids is 2. The molecular formula is C10H16O5. The first-order valence-electron chi connectivity index (χ1n) is 5.01. The van der Waals surface area contributed by atoms with Gasteiger partial charge in [-0.1, -0.05) is 6.92 Å². The average molecular weight is 216 g/mol. The van der Waals surface area contributed by atoms with Gasteiger partial charge in [-0.05, 0) is 26.2 Å². The van der Waals surface area contributed by atoms with Crippen LogP contribution in [0.3, 0.4) is 0 Å². The van der Waals surface area contributed by atoms with Gasteiger partial charge in [-0.15, -0.1) is 0 Å². The molecule has 5 heteroatoms. The maximum Gasteiger partial charge on any atom is 0.324 e. The molecule has 1 heterocycles. The van der Waals surface area contributed by atoms with Crippen molar-refractivity contribution in [2.45, 2.75) is 38.7 Å². The summed E-state index contributed by atoms with van der Waals surface area (Å²) in [6, 6.07) is 0. The molecule has 5 nitrogen and oxygen atoms in total. The van der Waals surface area contributed by atoms with Gasteiger partial charge in [0.25, 0.3) is 0 Å². The molecule has 15 heavy (non-hydrogen) atoms. The monoisotopic (exact) mass is 216 g/mol. The molecule has 1 aliphatic rings. The Morgan fingerprint density at radius 1 is 1.40 bits per heavy atom. The van der Waals surface area contributed by atoms with Gasteiger partial charge in [-0.25, -0.2) is 0 Å². The first kappa shape index (κ1) is 12.0. The second kappa shape index (κ2) is 3.81. The second-order valence-corrected chi connectivity index (χ2v) is 4.05. The zero-order valence-corrected chi connectivity index (χ0v) is 8.95. The molecule has 0 aliphatic carbocycles. The van der Waals surface area contributed by atoms with Gasteiger partial charge in [-0.2, -0.15) is 0 Å². The van der Waals surface area contributed by atoms with Gasteiger partial charge in [-0.3, -0.25) is 9.59 Å². The predicted molar refractivity (Wildman–Crippen MR) is 51.6 cm³/mol. The molecule has 1 aliphatic heterocycles. The quantitative estimate of drug-likeness (QED) is 0.688. The Balaban J connectivity index is 3.19. The van der Waals surface area contributed by atoms with Gasteiger partial charge in [0.1, 0.15) is 0 Å². The molecule has 1 unspecified atom stereocenters. The smallest absolute Gasteiger partial charge is 0.324 e. The van der Waals surface area contributed by atoms with Gasteiger partial charge in [0.05, 0.1) is 5.60 Å². The third kappa shape index (κ3) is 1.51. The van der Waals surface area contributed by atoms with Crippen molar-refractivity contribution in [3.63, 3.8) is 0 Å². The second-order valence-electron chi connectivity index (χ2n) is 4.05. The highest BCUT2D eigenvalue weighted by Crippen LogP contribution is 2.44. The summed E-state index contributed by atoms with van der Waals surface area (Å²) in [5, 5.41) is 18.3. The van der Waals surface area contributed by atoms with Crippen molar-refractivity contribution < 1.29 is 24.5 Å². The van der Waals surface area contributed by atoms with Gasteiger partial charge < -0.3 is 14.9 Å². The molecule has 0 saturated carbocycles. The van der Waals surface area contributed by atoms with E-state index in [-0.39, 0.29) is 6.42 Å². The summed E-state index contributed by atoms with van der Waals surface area (Å²) >= 11 is 0. The lowest BCUT2D eigenvalue weighted by molar-refractivity contribution is -0.186. The number of carbonyl (C=O) groups is 2. The summed E-state index contributed by atoms with van der Waals surface area (Å²) < 4.78 is 5.36. The Hall–Kier alpha value is -1.10. The molecule has 1 rings (SSSR count). The number of hydrogen-bond acceptors (Lipinski definition) is 3. The Labute approximate surface area is 88.0 Å². The summed E-state index contributed by atoms with van der Waals surface area (Å²) in [4.78, 5) is 22.5. The largest absolute Gasteiger partial charge is 0.480 e. The lowest BCUT2D eigenvalue weighted by atomic mass is 9.69. The zero-order valence-electron chi connectivity index (χ0n) is 8.95. The molecule has 1 atom stereocenters. The SMILES string of the molecule is CCC(C(=O)O)(C(=O)O)C1(C)CCCO1. The Morgan fingerprint density at radius 3 is 2.20 bits per heavy atom. The van der Waals surface area contributed by atoms with Crippen molar-refractivity contribution in [2.75, 3.05) is 6.61 Å². The average Bonchev–Trinajstić information content (AvgIpc) is 2.53. The van der Waals surface area contributed by atoms with Crippen molar-refractivity contribution in [1.82, 2.24) is 0 Å². The number of hydrogen-bond donors (Lipinski definition) is 2. The van der Waals surface area contributed by atoms with E-state index >= 15 is 0 Å². The molecule has 1 saturated heterocycles. The molecule has 0 bridgehead atoms. The molecule has 0 aromatic heterocycles. The lowest BCUT2D eigenvalue weighted by Crippen LogP contribution is -2.56. The van der Waals surface area contributed by atoms with E-state index in [1.807, 2.05) is 0 Å². The van der Waals surface area contributed by atoms with Crippen molar-refractivity contribution >= 4 is 11.9 Å². The van der Waals surface area contributed by atoms with Crippen LogP contribution in [-0.2, 0) is 14.3 Å². The van der Waals surface area contributed by atoms with Crippen molar-refractivity contribution in [2.24, 2.45) is 5.41 Å². The highest BCUT2D eigenvalue weighted by atomic mass is 16.5. The van der Waals surface area contributed by atoms with Crippen LogP contribution in [0, 0.1) is 5.41 Å². The summed E-state index contributed by atoms with van der Waals surface area (Å²) in [6.45, 7) is 3.57. The van der Waals surface area contributed by atoms with Crippen LogP contribution in [0.4, 0.5) is 0 Å². The lowest BCUT2D eigenvalue weighted by Gasteiger charge is -2.38. The van der Waals surface area contributed by atoms with Crippen LogP contribution in [0.5, 0.6) is 0 Å². The van der Waals surface area contributed by atoms with Crippen LogP contribution >= 0.6 is 0 Å². The number of carboxylic acid groups (broad SMARTS) is 2. The molecule has 86 valence electrons. The van der Waals surface area contributed by atoms with Gasteiger partial charge in [0.15, 0.2) is 5.41 Å². The van der Waals surface area contributed by atoms with E-state index in [4.69, 9.17) is 14.9 Å². The van der Waals surface area contributed by atoms with Crippen LogP contribution < -0.4 is 0 Å². The standard InChI is InChI=1S/C10H16O5/c1-3-10(7(11)12,8(13)14)9(2)5-4-6-15-9/h3-6H2,1-2H3,(H,11,12)(H,13,14). The van der Waals surface area contributed by atoms with Gasteiger partial charge in [0, 0.05) is 6.61 Å². The van der Waals surface area contributed by atoms with E-state index in [1.165, 1.54) is 0 Å². The Bertz CT molecular complexity index is 264. The van der Waals surface area contributed by atoms with E-state index in [0.29, 0.717) is 19.4 Å². The number of rotatable bonds is 4. The Morgan fingerprint density at radius 2 is 1.93 bits per heavy atom. The Kier molecular flexibility index (Phi) is 3.04. The highest BCUT2D eigenvalue weighted by molar-refractivity contribution is 5.99. The van der Waals surface area contributed by atoms with E-state index < -0.39 is 23.0 Å². The fourth-order valence-electron chi connectivity index (χ4n) is 2.34. The molecule has 1 fully saturated rings. The maximum absolute atomic E-state index is 11.2. The third-order valence-electron chi connectivity index (χ3n) is 3.38. The minimum absolute atomic E-state index is 0.0220. The third-order valence-corrected chi connectivity index (χ3v) is 3.38. The van der Waals surface area contributed by atoms with Crippen molar-refractivity contribution in [3.8, 4) is 0 Å².